The van der Waals surface area contributed by atoms with Crippen LogP contribution in [0, 0.1) is 11.6 Å². The molecule has 0 saturated heterocycles. The Labute approximate surface area is 435 Å². The Morgan fingerprint density at radius 3 is 1.70 bits per heavy atom. The van der Waals surface area contributed by atoms with E-state index in [1.807, 2.05) is 6.92 Å². The number of carbonyl (C=O) groups is 2. The molecular weight excluding hydrogens is 1050 g/mol. The Morgan fingerprint density at radius 1 is 0.699 bits per heavy atom. The molecule has 376 valence electrons. The van der Waals surface area contributed by atoms with Gasteiger partial charge in [-0.3, -0.25) is 47.4 Å². The van der Waals surface area contributed by atoms with E-state index < -0.39 is 40.2 Å². The Balaban J connectivity index is 0.000000254. The molecule has 0 fully saturated rings. The number of rotatable bonds is 16. The van der Waals surface area contributed by atoms with E-state index >= 15 is 0 Å². The number of pyridine rings is 4. The summed E-state index contributed by atoms with van der Waals surface area (Å²) in [6, 6.07) is 15.8. The summed E-state index contributed by atoms with van der Waals surface area (Å²) in [5.41, 5.74) is -0.129. The zero-order chi connectivity index (χ0) is 52.1. The number of halogens is 4. The van der Waals surface area contributed by atoms with Crippen molar-refractivity contribution >= 4 is 58.2 Å². The first-order valence-electron chi connectivity index (χ1n) is 21.7. The molecule has 24 heteroatoms. The molecule has 0 amide bonds. The predicted octanol–water partition coefficient (Wildman–Crippen LogP) is 6.88. The van der Waals surface area contributed by atoms with Crippen LogP contribution >= 0.6 is 23.2 Å². The Bertz CT molecular complexity index is 3490. The van der Waals surface area contributed by atoms with Crippen molar-refractivity contribution in [2.45, 2.75) is 51.8 Å². The summed E-state index contributed by atoms with van der Waals surface area (Å²) in [6.07, 6.45) is 7.97. The van der Waals surface area contributed by atoms with Gasteiger partial charge in [0.25, 0.3) is 24.1 Å². The van der Waals surface area contributed by atoms with Gasteiger partial charge in [-0.05, 0) is 48.2 Å². The second kappa shape index (κ2) is 26.3. The Kier molecular flexibility index (Phi) is 20.3. The number of ether oxygens (including phenoxy) is 3. The van der Waals surface area contributed by atoms with E-state index in [2.05, 4.69) is 24.7 Å². The van der Waals surface area contributed by atoms with Crippen LogP contribution in [0.1, 0.15) is 54.5 Å². The molecule has 0 radical (unpaired) electrons. The van der Waals surface area contributed by atoms with E-state index in [0.29, 0.717) is 34.1 Å². The number of benzene rings is 2. The number of aliphatic hydroxyl groups is 1. The molecule has 6 heterocycles. The Hall–Kier alpha value is -7.52. The minimum absolute atomic E-state index is 0. The molecule has 19 nitrogen and oxygen atoms in total. The molecule has 8 aromatic rings. The summed E-state index contributed by atoms with van der Waals surface area (Å²) in [7, 11) is 3.02. The van der Waals surface area contributed by atoms with Gasteiger partial charge in [0.15, 0.2) is 5.75 Å². The third-order valence-corrected chi connectivity index (χ3v) is 11.3. The van der Waals surface area contributed by atoms with Crippen LogP contribution in [0.15, 0.2) is 117 Å². The molecule has 2 aromatic carbocycles. The van der Waals surface area contributed by atoms with E-state index in [-0.39, 0.29) is 109 Å². The molecule has 1 atom stereocenters. The minimum atomic E-state index is -1.33. The van der Waals surface area contributed by atoms with Crippen LogP contribution in [-0.4, -0.2) is 68.0 Å². The van der Waals surface area contributed by atoms with Crippen LogP contribution in [0.4, 0.5) is 8.78 Å². The molecule has 0 saturated carbocycles. The first-order chi connectivity index (χ1) is 34.6. The van der Waals surface area contributed by atoms with Crippen molar-refractivity contribution in [2.24, 2.45) is 14.1 Å². The summed E-state index contributed by atoms with van der Waals surface area (Å²) in [4.78, 5) is 87.7. The minimum Gasteiger partial charge on any atom is -0.483 e. The molecule has 2 N–H and O–H groups in total. The van der Waals surface area contributed by atoms with Crippen molar-refractivity contribution in [1.82, 2.24) is 38.2 Å². The van der Waals surface area contributed by atoms with Gasteiger partial charge in [-0.1, -0.05) is 60.8 Å². The van der Waals surface area contributed by atoms with Crippen molar-refractivity contribution < 1.29 is 62.3 Å². The van der Waals surface area contributed by atoms with Gasteiger partial charge in [0.1, 0.15) is 46.3 Å². The van der Waals surface area contributed by atoms with Gasteiger partial charge in [0, 0.05) is 86.4 Å². The standard InChI is InChI=1S/C24H20ClFN4O5.C24H22ClFN4O4.CH2O2.Zn/c1-29-22-21(23(32)30(24(29)33)7-2-8-34-14-31)19(9-15-3-5-16(25)6-4-15)20(13-28-22)35-18-10-17(26)11-27-12-18;1-3-4-9-30-23(32)20-19(21(31)14-5-7-15(25)8-6-14)18(13-28-22(20)29(2)24(30)33)34-17-10-16(26)11-27-12-17;2-1-3;/h3-6,10-14H,2,7-9H2,1H3;5-8,10-13,21,31H,3-4,9H2,1-2H3;1H,(H,2,3);. The van der Waals surface area contributed by atoms with E-state index in [0.717, 1.165) is 45.6 Å². The Morgan fingerprint density at radius 2 is 1.18 bits per heavy atom. The molecule has 0 spiro atoms. The third-order valence-electron chi connectivity index (χ3n) is 10.8. The van der Waals surface area contributed by atoms with Gasteiger partial charge in [0.2, 0.25) is 0 Å². The average molecular weight is 1100 g/mol. The number of fused-ring (bicyclic) bond motifs is 2. The molecule has 0 aliphatic rings. The molecule has 0 aliphatic heterocycles. The van der Waals surface area contributed by atoms with Crippen molar-refractivity contribution in [2.75, 3.05) is 6.61 Å². The van der Waals surface area contributed by atoms with Crippen LogP contribution in [0.2, 0.25) is 10.0 Å². The number of nitrogens with zero attached hydrogens (tertiary/aromatic N) is 8. The summed E-state index contributed by atoms with van der Waals surface area (Å²) < 4.78 is 48.5. The van der Waals surface area contributed by atoms with E-state index in [1.165, 1.54) is 48.0 Å². The smallest absolute Gasteiger partial charge is 0.332 e. The van der Waals surface area contributed by atoms with Gasteiger partial charge >= 0.3 is 11.4 Å². The molecule has 0 aliphatic carbocycles. The number of aliphatic hydroxyl groups excluding tert-OH is 1. The zero-order valence-corrected chi connectivity index (χ0v) is 43.8. The SMILES string of the molecule is CCCCn1c(=O)c2c(C(O)c3ccc(Cl)cc3)c(Oc3cncc(F)c3)cnc2n(C)c1=O.Cn1c(=O)n(CCCOC=O)c(=O)c2c(Cc3ccc(Cl)cc3)c(Oc3cncc(F)c3)cnc21.O=CO.[Zn]. The van der Waals surface area contributed by atoms with Crippen LogP contribution in [-0.2, 0) is 67.4 Å². The first-order valence-corrected chi connectivity index (χ1v) is 22.5. The summed E-state index contributed by atoms with van der Waals surface area (Å²) in [5, 5.41) is 19.5. The monoisotopic (exact) mass is 1090 g/mol. The number of hydrogen-bond acceptors (Lipinski definition) is 14. The van der Waals surface area contributed by atoms with Crippen molar-refractivity contribution in [3.8, 4) is 23.0 Å². The second-order valence-electron chi connectivity index (χ2n) is 15.5. The molecule has 73 heavy (non-hydrogen) atoms. The fraction of sp³-hybridized carbons (Fsp3) is 0.224. The maximum atomic E-state index is 13.7. The van der Waals surface area contributed by atoms with E-state index in [9.17, 15) is 37.9 Å². The van der Waals surface area contributed by atoms with E-state index in [1.54, 1.807) is 48.5 Å². The van der Waals surface area contributed by atoms with Crippen LogP contribution < -0.4 is 32.0 Å². The molecule has 0 bridgehead atoms. The molecule has 1 unspecified atom stereocenters. The second-order valence-corrected chi connectivity index (χ2v) is 16.4. The summed E-state index contributed by atoms with van der Waals surface area (Å²) in [5.74, 6) is -0.777. The number of hydrogen-bond donors (Lipinski definition) is 2. The first kappa shape index (κ1) is 56.4. The topological polar surface area (TPSA) is 242 Å². The van der Waals surface area contributed by atoms with Crippen molar-refractivity contribution in [3.05, 3.63) is 183 Å². The van der Waals surface area contributed by atoms with Crippen LogP contribution in [0.5, 0.6) is 23.0 Å². The quantitative estimate of drug-likeness (QED) is 0.0569. The van der Waals surface area contributed by atoms with Crippen molar-refractivity contribution in [3.63, 3.8) is 0 Å². The molecule has 6 aromatic heterocycles. The molecular formula is C49H44Cl2F2N8O11Zn. The number of carbonyl (C=O) groups excluding carboxylic acids is 1. The van der Waals surface area contributed by atoms with Gasteiger partial charge in [-0.2, -0.15) is 0 Å². The van der Waals surface area contributed by atoms with Crippen LogP contribution in [0.25, 0.3) is 22.1 Å². The largest absolute Gasteiger partial charge is 0.483 e. The summed E-state index contributed by atoms with van der Waals surface area (Å²) >= 11 is 12.0. The zero-order valence-electron chi connectivity index (χ0n) is 39.3. The van der Waals surface area contributed by atoms with Gasteiger partial charge in [-0.25, -0.2) is 28.3 Å². The van der Waals surface area contributed by atoms with Gasteiger partial charge in [0.05, 0.1) is 54.6 Å². The van der Waals surface area contributed by atoms with Gasteiger partial charge < -0.3 is 24.4 Å². The number of aromatic nitrogens is 8. The van der Waals surface area contributed by atoms with Crippen LogP contribution in [0.3, 0.4) is 0 Å². The fourth-order valence-electron chi connectivity index (χ4n) is 7.40. The molecule has 8 rings (SSSR count). The number of unbranched alkanes of at least 4 members (excludes halogenated alkanes) is 1. The predicted molar refractivity (Wildman–Crippen MR) is 261 cm³/mol. The fourth-order valence-corrected chi connectivity index (χ4v) is 7.65. The van der Waals surface area contributed by atoms with Crippen molar-refractivity contribution in [1.29, 1.82) is 0 Å². The maximum Gasteiger partial charge on any atom is 0.332 e. The van der Waals surface area contributed by atoms with Gasteiger partial charge in [-0.15, -0.1) is 0 Å². The maximum absolute atomic E-state index is 13.7. The number of aryl methyl sites for hydroxylation is 2. The number of carboxylic acid groups (broad SMARTS) is 1. The van der Waals surface area contributed by atoms with E-state index in [4.69, 9.17) is 42.6 Å². The third kappa shape index (κ3) is 13.5. The normalized spacial score (nSPS) is 11.1. The average Bonchev–Trinajstić information content (AvgIpc) is 3.36. The summed E-state index contributed by atoms with van der Waals surface area (Å²) in [6.45, 7) is 2.32.